The van der Waals surface area contributed by atoms with Gasteiger partial charge in [0, 0.05) is 39.4 Å². The zero-order chi connectivity index (χ0) is 20.9. The summed E-state index contributed by atoms with van der Waals surface area (Å²) >= 11 is 0. The van der Waals surface area contributed by atoms with E-state index in [2.05, 4.69) is 9.55 Å². The molecule has 3 heterocycles. The van der Waals surface area contributed by atoms with E-state index in [0.717, 1.165) is 25.4 Å². The van der Waals surface area contributed by atoms with Crippen molar-refractivity contribution < 1.29 is 27.2 Å². The maximum absolute atomic E-state index is 15.1. The van der Waals surface area contributed by atoms with Crippen LogP contribution in [-0.4, -0.2) is 70.0 Å². The number of halogens is 3. The van der Waals surface area contributed by atoms with Crippen molar-refractivity contribution in [1.29, 1.82) is 0 Å². The number of benzene rings is 1. The molecule has 0 N–H and O–H groups in total. The molecule has 1 fully saturated rings. The van der Waals surface area contributed by atoms with Gasteiger partial charge in [0.05, 0.1) is 5.39 Å². The molecule has 0 aliphatic carbocycles. The van der Waals surface area contributed by atoms with Crippen LogP contribution >= 0.6 is 0 Å². The Labute approximate surface area is 164 Å². The molecule has 8 nitrogen and oxygen atoms in total. The van der Waals surface area contributed by atoms with E-state index >= 15 is 4.39 Å². The van der Waals surface area contributed by atoms with Crippen LogP contribution in [0.25, 0.3) is 10.9 Å². The summed E-state index contributed by atoms with van der Waals surface area (Å²) in [5.74, 6) is -1.96. The Morgan fingerprint density at radius 3 is 2.55 bits per heavy atom. The number of hydrogen-bond donors (Lipinski definition) is 0. The minimum atomic E-state index is -3.37. The molecular weight excluding hydrogens is 392 g/mol. The molecular formula is C17H18BF3N4O4. The second-order valence-corrected chi connectivity index (χ2v) is 7.04. The number of nitrogens with zero attached hydrogens (tertiary/aromatic N) is 4. The summed E-state index contributed by atoms with van der Waals surface area (Å²) in [7, 11) is 0.224. The highest BCUT2D eigenvalue weighted by Crippen LogP contribution is 2.40. The van der Waals surface area contributed by atoms with Crippen molar-refractivity contribution in [1.82, 2.24) is 9.58 Å². The average molecular weight is 410 g/mol. The fourth-order valence-corrected chi connectivity index (χ4v) is 3.64. The van der Waals surface area contributed by atoms with E-state index in [4.69, 9.17) is 4.74 Å². The molecule has 0 bridgehead atoms. The molecule has 2 aliphatic heterocycles. The van der Waals surface area contributed by atoms with Crippen LogP contribution in [0.3, 0.4) is 0 Å². The van der Waals surface area contributed by atoms with Crippen LogP contribution in [0.2, 0.25) is 0 Å². The Bertz CT molecular complexity index is 1040. The first-order valence-corrected chi connectivity index (χ1v) is 8.96. The minimum Gasteiger partial charge on any atom is -0.474 e. The van der Waals surface area contributed by atoms with Gasteiger partial charge in [0.25, 0.3) is 0 Å². The number of pyridine rings is 1. The van der Waals surface area contributed by atoms with Crippen LogP contribution in [0.5, 0.6) is 5.75 Å². The SMILES string of the molecule is CN1CCN(c2c(F)cc3c(=O)c(C(=O)OB(F)F)cn4c3c2OCN4C)CC1. The van der Waals surface area contributed by atoms with Gasteiger partial charge in [0.15, 0.2) is 18.3 Å². The molecule has 12 heteroatoms. The van der Waals surface area contributed by atoms with Gasteiger partial charge in [0.1, 0.15) is 16.8 Å². The lowest BCUT2D eigenvalue weighted by Crippen LogP contribution is -2.46. The summed E-state index contributed by atoms with van der Waals surface area (Å²) in [6.07, 6.45) is 1.12. The molecule has 29 heavy (non-hydrogen) atoms. The average Bonchev–Trinajstić information content (AvgIpc) is 2.66. The van der Waals surface area contributed by atoms with E-state index in [1.165, 1.54) is 9.69 Å². The third-order valence-electron chi connectivity index (χ3n) is 5.15. The number of likely N-dealkylation sites (N-methyl/N-ethyl adjacent to an activating group) is 1. The van der Waals surface area contributed by atoms with Gasteiger partial charge in [-0.15, -0.1) is 0 Å². The van der Waals surface area contributed by atoms with Gasteiger partial charge in [-0.3, -0.25) is 14.5 Å². The maximum Gasteiger partial charge on any atom is 0.798 e. The van der Waals surface area contributed by atoms with Crippen molar-refractivity contribution >= 4 is 30.0 Å². The maximum atomic E-state index is 15.1. The second kappa shape index (κ2) is 7.18. The number of ether oxygens (including phenoxy) is 1. The zero-order valence-corrected chi connectivity index (χ0v) is 15.8. The standard InChI is InChI=1S/C17H18BF3N4O4/c1-22-3-5-24(6-4-22)14-12(19)7-10-13-16(14)28-9-23(2)25(13)8-11(15(10)26)17(27)29-18(20)21/h7-8H,3-6,9H2,1-2H3. The van der Waals surface area contributed by atoms with Crippen molar-refractivity contribution in [3.63, 3.8) is 0 Å². The van der Waals surface area contributed by atoms with Crippen LogP contribution < -0.4 is 20.1 Å². The summed E-state index contributed by atoms with van der Waals surface area (Å²) in [5.41, 5.74) is -0.988. The molecule has 154 valence electrons. The van der Waals surface area contributed by atoms with Gasteiger partial charge < -0.3 is 19.2 Å². The lowest BCUT2D eigenvalue weighted by atomic mass is 10.1. The number of hydrogen-bond acceptors (Lipinski definition) is 7. The monoisotopic (exact) mass is 410 g/mol. The summed E-state index contributed by atoms with van der Waals surface area (Å²) in [4.78, 5) is 28.7. The van der Waals surface area contributed by atoms with Gasteiger partial charge in [-0.25, -0.2) is 17.8 Å². The summed E-state index contributed by atoms with van der Waals surface area (Å²) in [6.45, 7) is 2.64. The van der Waals surface area contributed by atoms with E-state index in [1.54, 1.807) is 7.05 Å². The molecule has 0 atom stereocenters. The van der Waals surface area contributed by atoms with Gasteiger partial charge >= 0.3 is 13.4 Å². The number of carbonyl (C=O) groups excluding carboxylic acids is 1. The van der Waals surface area contributed by atoms with Gasteiger partial charge in [0.2, 0.25) is 5.43 Å². The number of anilines is 1. The summed E-state index contributed by atoms with van der Waals surface area (Å²) in [5, 5.41) is 1.38. The second-order valence-electron chi connectivity index (χ2n) is 7.04. The van der Waals surface area contributed by atoms with E-state index in [-0.39, 0.29) is 29.1 Å². The highest BCUT2D eigenvalue weighted by atomic mass is 19.2. The molecule has 1 aromatic carbocycles. The van der Waals surface area contributed by atoms with Crippen molar-refractivity contribution in [2.24, 2.45) is 0 Å². The molecule has 0 amide bonds. The zero-order valence-electron chi connectivity index (χ0n) is 15.8. The Morgan fingerprint density at radius 2 is 1.90 bits per heavy atom. The number of rotatable bonds is 3. The van der Waals surface area contributed by atoms with Crippen molar-refractivity contribution in [3.05, 3.63) is 33.9 Å². The molecule has 1 aromatic heterocycles. The lowest BCUT2D eigenvalue weighted by molar-refractivity contribution is 0.0693. The minimum absolute atomic E-state index is 0.0124. The normalized spacial score (nSPS) is 16.7. The summed E-state index contributed by atoms with van der Waals surface area (Å²) in [6, 6.07) is 1.02. The van der Waals surface area contributed by atoms with E-state index in [0.29, 0.717) is 13.1 Å². The van der Waals surface area contributed by atoms with Crippen molar-refractivity contribution in [3.8, 4) is 5.75 Å². The largest absolute Gasteiger partial charge is 0.798 e. The predicted octanol–water partition coefficient (Wildman–Crippen LogP) is 0.891. The predicted molar refractivity (Wildman–Crippen MR) is 101 cm³/mol. The van der Waals surface area contributed by atoms with Crippen LogP contribution in [0.4, 0.5) is 18.7 Å². The van der Waals surface area contributed by atoms with Crippen LogP contribution in [-0.2, 0) is 4.65 Å². The third kappa shape index (κ3) is 3.26. The smallest absolute Gasteiger partial charge is 0.474 e. The van der Waals surface area contributed by atoms with E-state index in [1.807, 2.05) is 11.9 Å². The number of aromatic nitrogens is 1. The highest BCUT2D eigenvalue weighted by molar-refractivity contribution is 6.38. The van der Waals surface area contributed by atoms with E-state index < -0.39 is 30.2 Å². The Hall–Kier alpha value is -2.89. The van der Waals surface area contributed by atoms with E-state index in [9.17, 15) is 18.2 Å². The Morgan fingerprint density at radius 1 is 1.21 bits per heavy atom. The Balaban J connectivity index is 1.93. The summed E-state index contributed by atoms with van der Waals surface area (Å²) < 4.78 is 51.0. The fourth-order valence-electron chi connectivity index (χ4n) is 3.64. The van der Waals surface area contributed by atoms with Crippen LogP contribution in [0.15, 0.2) is 17.1 Å². The molecule has 2 aliphatic rings. The van der Waals surface area contributed by atoms with Crippen molar-refractivity contribution in [2.75, 3.05) is 56.9 Å². The topological polar surface area (TPSA) is 67.2 Å². The van der Waals surface area contributed by atoms with Gasteiger partial charge in [-0.05, 0) is 13.1 Å². The van der Waals surface area contributed by atoms with Gasteiger partial charge in [-0.2, -0.15) is 0 Å². The molecule has 0 spiro atoms. The first-order valence-electron chi connectivity index (χ1n) is 8.96. The number of carbonyl (C=O) groups is 1. The molecule has 0 saturated carbocycles. The lowest BCUT2D eigenvalue weighted by Gasteiger charge is -2.37. The molecule has 0 radical (unpaired) electrons. The van der Waals surface area contributed by atoms with Crippen LogP contribution in [0.1, 0.15) is 10.4 Å². The first-order chi connectivity index (χ1) is 13.8. The molecule has 2 aromatic rings. The Kier molecular flexibility index (Phi) is 4.81. The molecule has 4 rings (SSSR count). The van der Waals surface area contributed by atoms with Crippen LogP contribution in [0, 0.1) is 5.82 Å². The number of piperazine rings is 1. The third-order valence-corrected chi connectivity index (χ3v) is 5.15. The first kappa shape index (κ1) is 19.4. The van der Waals surface area contributed by atoms with Crippen molar-refractivity contribution in [2.45, 2.75) is 0 Å². The fraction of sp³-hybridized carbons (Fsp3) is 0.412. The highest BCUT2D eigenvalue weighted by Gasteiger charge is 2.32. The molecule has 0 unspecified atom stereocenters. The molecule has 1 saturated heterocycles. The quantitative estimate of drug-likeness (QED) is 0.697. The van der Waals surface area contributed by atoms with Gasteiger partial charge in [-0.1, -0.05) is 0 Å².